The molecule has 0 bridgehead atoms. The maximum atomic E-state index is 11.8. The quantitative estimate of drug-likeness (QED) is 0.655. The molecule has 0 aromatic carbocycles. The number of likely N-dealkylation sites (N-methyl/N-ethyl adjacent to an activating group) is 1. The van der Waals surface area contributed by atoms with E-state index in [9.17, 15) is 9.00 Å². The SMILES string of the molecule is CCN(C(=O)CNCCC(C)S(C)=O)C1CC1. The van der Waals surface area contributed by atoms with Crippen molar-refractivity contribution in [3.63, 3.8) is 0 Å². The summed E-state index contributed by atoms with van der Waals surface area (Å²) in [5.74, 6) is 0.195. The number of hydrogen-bond acceptors (Lipinski definition) is 3. The monoisotopic (exact) mass is 260 g/mol. The van der Waals surface area contributed by atoms with Crippen LogP contribution in [0.2, 0.25) is 0 Å². The Kier molecular flexibility index (Phi) is 6.12. The van der Waals surface area contributed by atoms with Crippen molar-refractivity contribution in [2.75, 3.05) is 25.9 Å². The molecule has 4 nitrogen and oxygen atoms in total. The molecular weight excluding hydrogens is 236 g/mol. The molecule has 1 aliphatic rings. The first-order valence-electron chi connectivity index (χ1n) is 6.38. The molecular formula is C12H24N2O2S. The zero-order chi connectivity index (χ0) is 12.8. The molecule has 0 aromatic rings. The Bertz CT molecular complexity index is 280. The number of nitrogens with zero attached hydrogens (tertiary/aromatic N) is 1. The molecule has 1 saturated carbocycles. The number of carbonyl (C=O) groups is 1. The molecule has 1 N–H and O–H groups in total. The van der Waals surface area contributed by atoms with Gasteiger partial charge >= 0.3 is 0 Å². The van der Waals surface area contributed by atoms with E-state index in [-0.39, 0.29) is 11.2 Å². The summed E-state index contributed by atoms with van der Waals surface area (Å²) in [6, 6.07) is 0.497. The number of carbonyl (C=O) groups excluding carboxylic acids is 1. The Hall–Kier alpha value is -0.420. The summed E-state index contributed by atoms with van der Waals surface area (Å²) in [7, 11) is -0.768. The van der Waals surface area contributed by atoms with Crippen LogP contribution in [0.15, 0.2) is 0 Å². The molecule has 17 heavy (non-hydrogen) atoms. The highest BCUT2D eigenvalue weighted by atomic mass is 32.2. The molecule has 0 saturated heterocycles. The Morgan fingerprint density at radius 3 is 2.65 bits per heavy atom. The number of nitrogens with one attached hydrogen (secondary N) is 1. The van der Waals surface area contributed by atoms with E-state index in [1.165, 1.54) is 0 Å². The highest BCUT2D eigenvalue weighted by molar-refractivity contribution is 7.84. The normalized spacial score (nSPS) is 18.8. The summed E-state index contributed by atoms with van der Waals surface area (Å²) in [5.41, 5.74) is 0. The molecule has 100 valence electrons. The van der Waals surface area contributed by atoms with E-state index in [0.717, 1.165) is 32.4 Å². The van der Waals surface area contributed by atoms with Crippen LogP contribution in [-0.4, -0.2) is 52.2 Å². The Balaban J connectivity index is 2.13. The van der Waals surface area contributed by atoms with Gasteiger partial charge in [0.2, 0.25) is 5.91 Å². The minimum atomic E-state index is -0.768. The zero-order valence-electron chi connectivity index (χ0n) is 11.1. The lowest BCUT2D eigenvalue weighted by atomic mass is 10.3. The van der Waals surface area contributed by atoms with Crippen molar-refractivity contribution in [1.29, 1.82) is 0 Å². The average molecular weight is 260 g/mol. The van der Waals surface area contributed by atoms with Gasteiger partial charge in [0.05, 0.1) is 6.54 Å². The lowest BCUT2D eigenvalue weighted by Crippen LogP contribution is -2.40. The fourth-order valence-corrected chi connectivity index (χ4v) is 2.24. The summed E-state index contributed by atoms with van der Waals surface area (Å²) in [4.78, 5) is 13.8. The smallest absolute Gasteiger partial charge is 0.236 e. The van der Waals surface area contributed by atoms with E-state index in [1.54, 1.807) is 6.26 Å². The van der Waals surface area contributed by atoms with E-state index in [2.05, 4.69) is 5.32 Å². The van der Waals surface area contributed by atoms with Crippen molar-refractivity contribution >= 4 is 16.7 Å². The van der Waals surface area contributed by atoms with Crippen molar-refractivity contribution in [3.05, 3.63) is 0 Å². The van der Waals surface area contributed by atoms with Crippen molar-refractivity contribution in [2.24, 2.45) is 0 Å². The first-order chi connectivity index (χ1) is 8.06. The zero-order valence-corrected chi connectivity index (χ0v) is 11.9. The molecule has 1 aliphatic carbocycles. The summed E-state index contributed by atoms with van der Waals surface area (Å²) in [5, 5.41) is 3.34. The second-order valence-electron chi connectivity index (χ2n) is 4.69. The van der Waals surface area contributed by atoms with Gasteiger partial charge in [0.15, 0.2) is 0 Å². The third-order valence-corrected chi connectivity index (χ3v) is 4.59. The highest BCUT2D eigenvalue weighted by Crippen LogP contribution is 2.26. The van der Waals surface area contributed by atoms with Gasteiger partial charge in [-0.1, -0.05) is 6.92 Å². The van der Waals surface area contributed by atoms with Crippen molar-refractivity contribution in [1.82, 2.24) is 10.2 Å². The van der Waals surface area contributed by atoms with Gasteiger partial charge in [-0.2, -0.15) is 0 Å². The number of hydrogen-bond donors (Lipinski definition) is 1. The van der Waals surface area contributed by atoms with Crippen molar-refractivity contribution in [3.8, 4) is 0 Å². The second-order valence-corrected chi connectivity index (χ2v) is 6.49. The van der Waals surface area contributed by atoms with E-state index in [4.69, 9.17) is 0 Å². The molecule has 0 aliphatic heterocycles. The van der Waals surface area contributed by atoms with Gasteiger partial charge in [0.1, 0.15) is 0 Å². The van der Waals surface area contributed by atoms with E-state index < -0.39 is 10.8 Å². The van der Waals surface area contributed by atoms with Crippen LogP contribution in [0.3, 0.4) is 0 Å². The van der Waals surface area contributed by atoms with Crippen LogP contribution in [-0.2, 0) is 15.6 Å². The Morgan fingerprint density at radius 2 is 2.18 bits per heavy atom. The minimum absolute atomic E-state index is 0.195. The van der Waals surface area contributed by atoms with E-state index in [0.29, 0.717) is 12.6 Å². The van der Waals surface area contributed by atoms with Crippen molar-refractivity contribution in [2.45, 2.75) is 44.4 Å². The van der Waals surface area contributed by atoms with Gasteiger partial charge in [-0.25, -0.2) is 0 Å². The van der Waals surface area contributed by atoms with E-state index in [1.807, 2.05) is 18.7 Å². The van der Waals surface area contributed by atoms with Gasteiger partial charge in [-0.15, -0.1) is 0 Å². The molecule has 5 heteroatoms. The first kappa shape index (κ1) is 14.6. The summed E-state index contributed by atoms with van der Waals surface area (Å²) in [6.07, 6.45) is 4.89. The molecule has 1 fully saturated rings. The van der Waals surface area contributed by atoms with Gasteiger partial charge in [0, 0.05) is 34.9 Å². The van der Waals surface area contributed by atoms with Gasteiger partial charge < -0.3 is 10.2 Å². The van der Waals surface area contributed by atoms with Crippen LogP contribution >= 0.6 is 0 Å². The lowest BCUT2D eigenvalue weighted by Gasteiger charge is -2.20. The molecule has 2 atom stereocenters. The largest absolute Gasteiger partial charge is 0.339 e. The maximum absolute atomic E-state index is 11.8. The van der Waals surface area contributed by atoms with Crippen LogP contribution < -0.4 is 5.32 Å². The van der Waals surface area contributed by atoms with Gasteiger partial charge in [0.25, 0.3) is 0 Å². The number of amides is 1. The first-order valence-corrected chi connectivity index (χ1v) is 8.00. The van der Waals surface area contributed by atoms with Crippen molar-refractivity contribution < 1.29 is 9.00 Å². The molecule has 1 rings (SSSR count). The Morgan fingerprint density at radius 1 is 1.53 bits per heavy atom. The van der Waals surface area contributed by atoms with Crippen LogP contribution in [0, 0.1) is 0 Å². The maximum Gasteiger partial charge on any atom is 0.236 e. The summed E-state index contributed by atoms with van der Waals surface area (Å²) < 4.78 is 11.1. The summed E-state index contributed by atoms with van der Waals surface area (Å²) >= 11 is 0. The third kappa shape index (κ3) is 5.17. The molecule has 0 aromatic heterocycles. The van der Waals surface area contributed by atoms with Crippen LogP contribution in [0.5, 0.6) is 0 Å². The van der Waals surface area contributed by atoms with Gasteiger partial charge in [-0.3, -0.25) is 9.00 Å². The highest BCUT2D eigenvalue weighted by Gasteiger charge is 2.30. The van der Waals surface area contributed by atoms with Crippen LogP contribution in [0.25, 0.3) is 0 Å². The minimum Gasteiger partial charge on any atom is -0.339 e. The topological polar surface area (TPSA) is 49.4 Å². The fraction of sp³-hybridized carbons (Fsp3) is 0.917. The molecule has 2 unspecified atom stereocenters. The molecule has 1 amide bonds. The fourth-order valence-electron chi connectivity index (χ4n) is 1.79. The van der Waals surface area contributed by atoms with Crippen LogP contribution in [0.1, 0.15) is 33.1 Å². The average Bonchev–Trinajstić information content (AvgIpc) is 3.09. The van der Waals surface area contributed by atoms with Gasteiger partial charge in [-0.05, 0) is 32.7 Å². The Labute approximate surface area is 107 Å². The standard InChI is InChI=1S/C12H24N2O2S/c1-4-14(11-5-6-11)12(15)9-13-8-7-10(2)17(3)16/h10-11,13H,4-9H2,1-3H3. The number of rotatable bonds is 8. The molecule has 0 radical (unpaired) electrons. The van der Waals surface area contributed by atoms with Crippen LogP contribution in [0.4, 0.5) is 0 Å². The third-order valence-electron chi connectivity index (χ3n) is 3.22. The molecule has 0 heterocycles. The predicted octanol–water partition coefficient (Wildman–Crippen LogP) is 0.744. The predicted molar refractivity (Wildman–Crippen MR) is 71.4 cm³/mol. The van der Waals surface area contributed by atoms with E-state index >= 15 is 0 Å². The molecule has 0 spiro atoms. The lowest BCUT2D eigenvalue weighted by molar-refractivity contribution is -0.130. The second kappa shape index (κ2) is 7.11. The summed E-state index contributed by atoms with van der Waals surface area (Å²) in [6.45, 7) is 5.98.